The molecule has 0 saturated carbocycles. The average Bonchev–Trinajstić information content (AvgIpc) is 3.69. The van der Waals surface area contributed by atoms with Crippen LogP contribution < -0.4 is 0 Å². The van der Waals surface area contributed by atoms with E-state index in [-0.39, 0.29) is 0 Å². The van der Waals surface area contributed by atoms with E-state index in [1.54, 1.807) is 0 Å². The number of fused-ring (bicyclic) bond motifs is 8. The van der Waals surface area contributed by atoms with Crippen molar-refractivity contribution in [2.45, 2.75) is 0 Å². The molecule has 0 aliphatic rings. The third kappa shape index (κ3) is 3.36. The number of furan rings is 1. The second kappa shape index (κ2) is 8.69. The predicted molar refractivity (Wildman–Crippen MR) is 174 cm³/mol. The van der Waals surface area contributed by atoms with Gasteiger partial charge in [0.2, 0.25) is 0 Å². The minimum Gasteiger partial charge on any atom is -0.454 e. The molecule has 6 aromatic carbocycles. The Labute approximate surface area is 240 Å². The monoisotopic (exact) mass is 541 g/mol. The van der Waals surface area contributed by atoms with Crippen molar-refractivity contribution in [1.29, 1.82) is 0 Å². The van der Waals surface area contributed by atoms with Gasteiger partial charge >= 0.3 is 0 Å². The second-order valence-electron chi connectivity index (χ2n) is 10.5. The first-order valence-corrected chi connectivity index (χ1v) is 14.7. The van der Waals surface area contributed by atoms with E-state index < -0.39 is 0 Å². The van der Waals surface area contributed by atoms with Gasteiger partial charge in [-0.3, -0.25) is 0 Å². The summed E-state index contributed by atoms with van der Waals surface area (Å²) >= 11 is 1.87. The Hall–Kier alpha value is -5.12. The van der Waals surface area contributed by atoms with Gasteiger partial charge in [0.1, 0.15) is 11.1 Å². The van der Waals surface area contributed by atoms with Gasteiger partial charge in [-0.25, -0.2) is 0 Å². The fourth-order valence-electron chi connectivity index (χ4n) is 6.35. The molecule has 41 heavy (non-hydrogen) atoms. The Morgan fingerprint density at radius 3 is 2.00 bits per heavy atom. The molecule has 0 fully saturated rings. The zero-order valence-corrected chi connectivity index (χ0v) is 22.9. The van der Waals surface area contributed by atoms with Gasteiger partial charge in [0.25, 0.3) is 0 Å². The summed E-state index contributed by atoms with van der Waals surface area (Å²) in [7, 11) is 0. The van der Waals surface area contributed by atoms with Gasteiger partial charge in [0.05, 0.1) is 10.9 Å². The van der Waals surface area contributed by atoms with Gasteiger partial charge in [0.15, 0.2) is 5.58 Å². The first-order chi connectivity index (χ1) is 20.3. The fourth-order valence-corrected chi connectivity index (χ4v) is 7.53. The van der Waals surface area contributed by atoms with E-state index in [0.717, 1.165) is 38.7 Å². The summed E-state index contributed by atoms with van der Waals surface area (Å²) in [5.74, 6) is 0. The highest BCUT2D eigenvalue weighted by atomic mass is 32.1. The molecule has 3 heterocycles. The zero-order valence-electron chi connectivity index (χ0n) is 22.0. The number of para-hydroxylation sites is 2. The lowest BCUT2D eigenvalue weighted by atomic mass is 9.99. The highest BCUT2D eigenvalue weighted by Crippen LogP contribution is 2.44. The largest absolute Gasteiger partial charge is 0.454 e. The van der Waals surface area contributed by atoms with Crippen molar-refractivity contribution in [2.24, 2.45) is 0 Å². The fraction of sp³-hybridized carbons (Fsp3) is 0. The topological polar surface area (TPSA) is 18.1 Å². The van der Waals surface area contributed by atoms with Crippen molar-refractivity contribution < 1.29 is 4.42 Å². The highest BCUT2D eigenvalue weighted by Gasteiger charge is 2.22. The minimum absolute atomic E-state index is 0.909. The molecule has 9 aromatic rings. The number of hydrogen-bond donors (Lipinski definition) is 0. The van der Waals surface area contributed by atoms with Crippen LogP contribution >= 0.6 is 11.3 Å². The Morgan fingerprint density at radius 2 is 1.20 bits per heavy atom. The molecule has 0 spiro atoms. The van der Waals surface area contributed by atoms with Crippen molar-refractivity contribution in [3.05, 3.63) is 140 Å². The summed E-state index contributed by atoms with van der Waals surface area (Å²) in [6.45, 7) is 0. The molecular weight excluding hydrogens is 518 g/mol. The number of benzene rings is 6. The van der Waals surface area contributed by atoms with Gasteiger partial charge in [-0.1, -0.05) is 97.1 Å². The van der Waals surface area contributed by atoms with E-state index in [9.17, 15) is 0 Å². The lowest BCUT2D eigenvalue weighted by Crippen LogP contribution is -1.93. The lowest BCUT2D eigenvalue weighted by Gasteiger charge is -2.09. The van der Waals surface area contributed by atoms with Crippen molar-refractivity contribution in [2.75, 3.05) is 0 Å². The number of hydrogen-bond acceptors (Lipinski definition) is 2. The van der Waals surface area contributed by atoms with Crippen molar-refractivity contribution >= 4 is 64.5 Å². The van der Waals surface area contributed by atoms with Crippen LogP contribution in [0.1, 0.15) is 0 Å². The van der Waals surface area contributed by atoms with Crippen LogP contribution in [0.3, 0.4) is 0 Å². The summed E-state index contributed by atoms with van der Waals surface area (Å²) in [4.78, 5) is 0. The van der Waals surface area contributed by atoms with Crippen LogP contribution in [0.5, 0.6) is 0 Å². The molecule has 0 aliphatic carbocycles. The Kier molecular flexibility index (Phi) is 4.80. The molecule has 192 valence electrons. The Morgan fingerprint density at radius 1 is 0.512 bits per heavy atom. The van der Waals surface area contributed by atoms with E-state index in [0.29, 0.717) is 0 Å². The average molecular weight is 542 g/mol. The lowest BCUT2D eigenvalue weighted by molar-refractivity contribution is 0.673. The van der Waals surface area contributed by atoms with E-state index >= 15 is 0 Å². The molecule has 2 nitrogen and oxygen atoms in total. The van der Waals surface area contributed by atoms with E-state index in [2.05, 4.69) is 144 Å². The van der Waals surface area contributed by atoms with Crippen LogP contribution in [0.15, 0.2) is 144 Å². The van der Waals surface area contributed by atoms with Crippen LogP contribution in [0.25, 0.3) is 81.1 Å². The smallest absolute Gasteiger partial charge is 0.161 e. The van der Waals surface area contributed by atoms with E-state index in [1.165, 1.54) is 42.4 Å². The molecule has 0 radical (unpaired) electrons. The van der Waals surface area contributed by atoms with Crippen molar-refractivity contribution in [1.82, 2.24) is 4.57 Å². The van der Waals surface area contributed by atoms with Crippen molar-refractivity contribution in [3.8, 4) is 27.9 Å². The number of nitrogens with zero attached hydrogens (tertiary/aromatic N) is 1. The maximum absolute atomic E-state index is 6.60. The maximum atomic E-state index is 6.60. The van der Waals surface area contributed by atoms with E-state index in [1.807, 2.05) is 11.3 Å². The molecular formula is C38H23NOS. The number of aromatic nitrogens is 1. The van der Waals surface area contributed by atoms with Gasteiger partial charge in [-0.05, 0) is 64.7 Å². The quantitative estimate of drug-likeness (QED) is 0.217. The summed E-state index contributed by atoms with van der Waals surface area (Å²) in [5.41, 5.74) is 10.1. The van der Waals surface area contributed by atoms with Crippen LogP contribution in [0.2, 0.25) is 0 Å². The molecule has 0 amide bonds. The third-order valence-corrected chi connectivity index (χ3v) is 9.32. The Bertz CT molecular complexity index is 2410. The molecule has 9 rings (SSSR count). The molecule has 0 aliphatic heterocycles. The molecule has 0 saturated heterocycles. The molecule has 3 aromatic heterocycles. The first-order valence-electron chi connectivity index (χ1n) is 13.9. The van der Waals surface area contributed by atoms with E-state index in [4.69, 9.17) is 4.42 Å². The first kappa shape index (κ1) is 22.7. The molecule has 0 bridgehead atoms. The van der Waals surface area contributed by atoms with Gasteiger partial charge in [0, 0.05) is 31.2 Å². The minimum atomic E-state index is 0.909. The second-order valence-corrected chi connectivity index (χ2v) is 11.6. The summed E-state index contributed by atoms with van der Waals surface area (Å²) < 4.78 is 11.6. The van der Waals surface area contributed by atoms with Crippen LogP contribution in [0, 0.1) is 0 Å². The normalized spacial score (nSPS) is 11.9. The summed E-state index contributed by atoms with van der Waals surface area (Å²) in [5, 5.41) is 4.89. The Balaban J connectivity index is 1.29. The highest BCUT2D eigenvalue weighted by molar-refractivity contribution is 7.25. The molecule has 0 atom stereocenters. The van der Waals surface area contributed by atoms with Gasteiger partial charge < -0.3 is 8.98 Å². The predicted octanol–water partition coefficient (Wildman–Crippen LogP) is 11.2. The summed E-state index contributed by atoms with van der Waals surface area (Å²) in [6.07, 6.45) is 0. The van der Waals surface area contributed by atoms with Gasteiger partial charge in [-0.2, -0.15) is 0 Å². The number of rotatable bonds is 3. The SMILES string of the molecule is c1ccc(-c2ccc3c(c2)sc2cc(-c4cccc5oc6c7ccccc7n(-c7ccccc7)c6c45)ccc23)cc1. The third-order valence-electron chi connectivity index (χ3n) is 8.21. The molecule has 3 heteroatoms. The van der Waals surface area contributed by atoms with Crippen molar-refractivity contribution in [3.63, 3.8) is 0 Å². The maximum Gasteiger partial charge on any atom is 0.161 e. The van der Waals surface area contributed by atoms with Crippen LogP contribution in [-0.4, -0.2) is 4.57 Å². The standard InChI is InChI=1S/C38H23NOS/c1-3-10-24(11-4-1)25-18-20-29-30-21-19-26(23-35(30)41-34(29)22-25)28-15-9-17-33-36(28)37-38(40-33)31-14-7-8-16-32(31)39(37)27-12-5-2-6-13-27/h1-23H. The van der Waals surface area contributed by atoms with Gasteiger partial charge in [-0.15, -0.1) is 11.3 Å². The summed E-state index contributed by atoms with van der Waals surface area (Å²) in [6, 6.07) is 49.9. The molecule has 0 unspecified atom stereocenters. The van der Waals surface area contributed by atoms with Crippen LogP contribution in [0.4, 0.5) is 0 Å². The molecule has 0 N–H and O–H groups in total. The zero-order chi connectivity index (χ0) is 26.9. The van der Waals surface area contributed by atoms with Crippen LogP contribution in [-0.2, 0) is 0 Å². The number of thiophene rings is 1.